The molecule has 4 heteroatoms. The van der Waals surface area contributed by atoms with Crippen molar-refractivity contribution in [1.29, 1.82) is 0 Å². The van der Waals surface area contributed by atoms with Crippen LogP contribution in [0.4, 0.5) is 0 Å². The molecule has 1 N–H and O–H groups in total. The molecule has 1 aliphatic carbocycles. The smallest absolute Gasteiger partial charge is 0.0842 e. The van der Waals surface area contributed by atoms with E-state index in [1.165, 1.54) is 38.5 Å². The summed E-state index contributed by atoms with van der Waals surface area (Å²) in [4.78, 5) is 0. The first-order chi connectivity index (χ1) is 8.79. The second-order valence-corrected chi connectivity index (χ2v) is 5.55. The van der Waals surface area contributed by atoms with Crippen LogP contribution in [0, 0.1) is 5.92 Å². The van der Waals surface area contributed by atoms with Gasteiger partial charge in [0.1, 0.15) is 0 Å². The highest BCUT2D eigenvalue weighted by molar-refractivity contribution is 4.97. The molecule has 1 fully saturated rings. The minimum atomic E-state index is 0.585. The van der Waals surface area contributed by atoms with Crippen LogP contribution in [0.3, 0.4) is 0 Å². The van der Waals surface area contributed by atoms with Gasteiger partial charge in [-0.05, 0) is 31.7 Å². The molecule has 0 aromatic carbocycles. The van der Waals surface area contributed by atoms with E-state index in [0.717, 1.165) is 24.6 Å². The molecule has 1 heterocycles. The Morgan fingerprint density at radius 3 is 2.78 bits per heavy atom. The van der Waals surface area contributed by atoms with Gasteiger partial charge in [-0.2, -0.15) is 0 Å². The highest BCUT2D eigenvalue weighted by Crippen LogP contribution is 2.27. The first-order valence-electron chi connectivity index (χ1n) is 7.38. The molecule has 0 bridgehead atoms. The molecule has 0 amide bonds. The Morgan fingerprint density at radius 2 is 2.17 bits per heavy atom. The molecule has 1 unspecified atom stereocenters. The lowest BCUT2D eigenvalue weighted by molar-refractivity contribution is 0.266. The fourth-order valence-electron chi connectivity index (χ4n) is 2.99. The fraction of sp³-hybridized carbons (Fsp3) is 0.857. The number of hydrogen-bond donors (Lipinski definition) is 1. The van der Waals surface area contributed by atoms with Crippen molar-refractivity contribution < 1.29 is 0 Å². The first kappa shape index (κ1) is 13.5. The number of aryl methyl sites for hydroxylation is 1. The molecule has 1 atom stereocenters. The van der Waals surface area contributed by atoms with Crippen molar-refractivity contribution in [2.45, 2.75) is 57.9 Å². The fourth-order valence-corrected chi connectivity index (χ4v) is 2.99. The SMILES string of the molecule is CCCNC(Cc1cn(C)nn1)C1CCCCC1. The van der Waals surface area contributed by atoms with Gasteiger partial charge in [0.15, 0.2) is 0 Å². The second kappa shape index (κ2) is 6.88. The lowest BCUT2D eigenvalue weighted by Gasteiger charge is -2.30. The maximum Gasteiger partial charge on any atom is 0.0842 e. The highest BCUT2D eigenvalue weighted by atomic mass is 15.4. The predicted molar refractivity (Wildman–Crippen MR) is 73.4 cm³/mol. The second-order valence-electron chi connectivity index (χ2n) is 5.55. The summed E-state index contributed by atoms with van der Waals surface area (Å²) in [5, 5.41) is 12.0. The average Bonchev–Trinajstić information content (AvgIpc) is 2.81. The van der Waals surface area contributed by atoms with Gasteiger partial charge in [0.05, 0.1) is 5.69 Å². The topological polar surface area (TPSA) is 42.7 Å². The van der Waals surface area contributed by atoms with Crippen molar-refractivity contribution in [2.24, 2.45) is 13.0 Å². The van der Waals surface area contributed by atoms with E-state index in [0.29, 0.717) is 6.04 Å². The highest BCUT2D eigenvalue weighted by Gasteiger charge is 2.24. The van der Waals surface area contributed by atoms with Crippen LogP contribution in [0.5, 0.6) is 0 Å². The van der Waals surface area contributed by atoms with Crippen LogP contribution in [0.1, 0.15) is 51.1 Å². The van der Waals surface area contributed by atoms with Gasteiger partial charge in [0.2, 0.25) is 0 Å². The number of nitrogens with one attached hydrogen (secondary N) is 1. The summed E-state index contributed by atoms with van der Waals surface area (Å²) in [6.07, 6.45) is 11.2. The molecular formula is C14H26N4. The van der Waals surface area contributed by atoms with Crippen molar-refractivity contribution in [3.05, 3.63) is 11.9 Å². The number of hydrogen-bond acceptors (Lipinski definition) is 3. The zero-order chi connectivity index (χ0) is 12.8. The predicted octanol–water partition coefficient (Wildman–Crippen LogP) is 2.31. The van der Waals surface area contributed by atoms with Crippen LogP contribution in [0.15, 0.2) is 6.20 Å². The molecule has 18 heavy (non-hydrogen) atoms. The van der Waals surface area contributed by atoms with Crippen molar-refractivity contribution in [3.63, 3.8) is 0 Å². The lowest BCUT2D eigenvalue weighted by atomic mass is 9.82. The summed E-state index contributed by atoms with van der Waals surface area (Å²) in [5.41, 5.74) is 1.12. The van der Waals surface area contributed by atoms with Gasteiger partial charge in [-0.25, -0.2) is 0 Å². The number of rotatable bonds is 6. The molecule has 1 aromatic heterocycles. The molecule has 1 saturated carbocycles. The van der Waals surface area contributed by atoms with E-state index in [2.05, 4.69) is 22.6 Å². The van der Waals surface area contributed by atoms with E-state index in [9.17, 15) is 0 Å². The maximum atomic E-state index is 4.23. The molecule has 0 aliphatic heterocycles. The van der Waals surface area contributed by atoms with Crippen LogP contribution in [-0.2, 0) is 13.5 Å². The van der Waals surface area contributed by atoms with Gasteiger partial charge in [-0.3, -0.25) is 4.68 Å². The van der Waals surface area contributed by atoms with Gasteiger partial charge in [-0.15, -0.1) is 5.10 Å². The molecule has 1 aromatic rings. The summed E-state index contributed by atoms with van der Waals surface area (Å²) in [6, 6.07) is 0.585. The maximum absolute atomic E-state index is 4.23. The summed E-state index contributed by atoms with van der Waals surface area (Å²) in [5.74, 6) is 0.826. The average molecular weight is 250 g/mol. The lowest BCUT2D eigenvalue weighted by Crippen LogP contribution is -2.39. The summed E-state index contributed by atoms with van der Waals surface area (Å²) >= 11 is 0. The third-order valence-electron chi connectivity index (χ3n) is 3.95. The van der Waals surface area contributed by atoms with Crippen molar-refractivity contribution in [1.82, 2.24) is 20.3 Å². The van der Waals surface area contributed by atoms with Crippen molar-refractivity contribution >= 4 is 0 Å². The standard InChI is InChI=1S/C14H26N4/c1-3-9-15-14(12-7-5-4-6-8-12)10-13-11-18(2)17-16-13/h11-12,14-15H,3-10H2,1-2H3. The molecule has 2 rings (SSSR count). The van der Waals surface area contributed by atoms with Crippen LogP contribution < -0.4 is 5.32 Å². The van der Waals surface area contributed by atoms with E-state index < -0.39 is 0 Å². The molecule has 1 aliphatic rings. The quantitative estimate of drug-likeness (QED) is 0.842. The van der Waals surface area contributed by atoms with Crippen LogP contribution in [-0.4, -0.2) is 27.6 Å². The third kappa shape index (κ3) is 3.80. The van der Waals surface area contributed by atoms with Crippen molar-refractivity contribution in [3.8, 4) is 0 Å². The normalized spacial score (nSPS) is 19.0. The summed E-state index contributed by atoms with van der Waals surface area (Å²) in [7, 11) is 1.94. The zero-order valence-electron chi connectivity index (χ0n) is 11.7. The van der Waals surface area contributed by atoms with E-state index in [1.54, 1.807) is 4.68 Å². The zero-order valence-corrected chi connectivity index (χ0v) is 11.7. The minimum Gasteiger partial charge on any atom is -0.313 e. The van der Waals surface area contributed by atoms with Crippen molar-refractivity contribution in [2.75, 3.05) is 6.54 Å². The third-order valence-corrected chi connectivity index (χ3v) is 3.95. The van der Waals surface area contributed by atoms with Gasteiger partial charge < -0.3 is 5.32 Å². The van der Waals surface area contributed by atoms with Gasteiger partial charge in [0, 0.05) is 25.7 Å². The Kier molecular flexibility index (Phi) is 5.17. The van der Waals surface area contributed by atoms with E-state index in [4.69, 9.17) is 0 Å². The molecule has 4 nitrogen and oxygen atoms in total. The molecule has 102 valence electrons. The van der Waals surface area contributed by atoms with Gasteiger partial charge in [0.25, 0.3) is 0 Å². The van der Waals surface area contributed by atoms with E-state index in [-0.39, 0.29) is 0 Å². The van der Waals surface area contributed by atoms with Crippen LogP contribution in [0.2, 0.25) is 0 Å². The summed E-state index contributed by atoms with van der Waals surface area (Å²) in [6.45, 7) is 3.34. The van der Waals surface area contributed by atoms with Crippen LogP contribution in [0.25, 0.3) is 0 Å². The summed E-state index contributed by atoms with van der Waals surface area (Å²) < 4.78 is 1.80. The molecular weight excluding hydrogens is 224 g/mol. The van der Waals surface area contributed by atoms with Gasteiger partial charge >= 0.3 is 0 Å². The molecule has 0 spiro atoms. The first-order valence-corrected chi connectivity index (χ1v) is 7.38. The van der Waals surface area contributed by atoms with Gasteiger partial charge in [-0.1, -0.05) is 31.4 Å². The van der Waals surface area contributed by atoms with E-state index in [1.807, 2.05) is 13.2 Å². The molecule has 0 radical (unpaired) electrons. The Morgan fingerprint density at radius 1 is 1.39 bits per heavy atom. The monoisotopic (exact) mass is 250 g/mol. The Bertz CT molecular complexity index is 341. The largest absolute Gasteiger partial charge is 0.313 e. The van der Waals surface area contributed by atoms with Crippen LogP contribution >= 0.6 is 0 Å². The minimum absolute atomic E-state index is 0.585. The number of nitrogens with zero attached hydrogens (tertiary/aromatic N) is 3. The Balaban J connectivity index is 1.94. The number of aromatic nitrogens is 3. The Hall–Kier alpha value is -0.900. The van der Waals surface area contributed by atoms with E-state index >= 15 is 0 Å². The molecule has 0 saturated heterocycles. The Labute approximate surface area is 110 Å².